The van der Waals surface area contributed by atoms with Crippen molar-refractivity contribution in [2.24, 2.45) is 0 Å². The minimum atomic E-state index is -1.04. The molecule has 3 amide bonds. The van der Waals surface area contributed by atoms with Gasteiger partial charge in [0.2, 0.25) is 0 Å². The van der Waals surface area contributed by atoms with Gasteiger partial charge < -0.3 is 10.1 Å². The summed E-state index contributed by atoms with van der Waals surface area (Å²) < 4.78 is 5.74. The van der Waals surface area contributed by atoms with Crippen LogP contribution in [0.3, 0.4) is 0 Å². The lowest BCUT2D eigenvalue weighted by Crippen LogP contribution is -2.40. The Balaban J connectivity index is 1.69. The number of benzene rings is 2. The van der Waals surface area contributed by atoms with Crippen molar-refractivity contribution in [2.45, 2.75) is 26.0 Å². The Labute approximate surface area is 134 Å². The minimum absolute atomic E-state index is 0.351. The summed E-state index contributed by atoms with van der Waals surface area (Å²) in [6, 6.07) is 14.8. The predicted molar refractivity (Wildman–Crippen MR) is 86.0 cm³/mol. The fraction of sp³-hybridized carbons (Fsp3) is 0.222. The molecule has 1 saturated heterocycles. The highest BCUT2D eigenvalue weighted by Crippen LogP contribution is 2.26. The van der Waals surface area contributed by atoms with Crippen LogP contribution >= 0.6 is 0 Å². The lowest BCUT2D eigenvalue weighted by molar-refractivity contribution is -0.123. The van der Waals surface area contributed by atoms with E-state index >= 15 is 0 Å². The minimum Gasteiger partial charge on any atom is -0.489 e. The van der Waals surface area contributed by atoms with Gasteiger partial charge >= 0.3 is 6.03 Å². The molecule has 1 fully saturated rings. The molecule has 2 aromatic carbocycles. The van der Waals surface area contributed by atoms with Crippen LogP contribution in [0.2, 0.25) is 0 Å². The number of hydrogen-bond acceptors (Lipinski definition) is 3. The van der Waals surface area contributed by atoms with Gasteiger partial charge in [0.25, 0.3) is 5.91 Å². The van der Waals surface area contributed by atoms with Crippen LogP contribution in [0.5, 0.6) is 5.75 Å². The Morgan fingerprint density at radius 1 is 1.00 bits per heavy atom. The van der Waals surface area contributed by atoms with Crippen molar-refractivity contribution in [3.05, 3.63) is 65.2 Å². The summed E-state index contributed by atoms with van der Waals surface area (Å²) in [6.07, 6.45) is 0. The van der Waals surface area contributed by atoms with Gasteiger partial charge in [0.1, 0.15) is 17.9 Å². The third-order valence-corrected chi connectivity index (χ3v) is 4.00. The third-order valence-electron chi connectivity index (χ3n) is 4.00. The molecule has 1 heterocycles. The van der Waals surface area contributed by atoms with Crippen molar-refractivity contribution in [1.82, 2.24) is 10.6 Å². The number of carbonyl (C=O) groups excluding carboxylic acids is 2. The van der Waals surface area contributed by atoms with E-state index < -0.39 is 11.6 Å². The van der Waals surface area contributed by atoms with E-state index in [0.29, 0.717) is 17.9 Å². The molecule has 1 aliphatic heterocycles. The van der Waals surface area contributed by atoms with Crippen molar-refractivity contribution in [3.63, 3.8) is 0 Å². The molecule has 2 aromatic rings. The smallest absolute Gasteiger partial charge is 0.322 e. The Morgan fingerprint density at radius 3 is 2.22 bits per heavy atom. The Morgan fingerprint density at radius 2 is 1.65 bits per heavy atom. The average Bonchev–Trinajstić information content (AvgIpc) is 2.81. The molecule has 0 saturated carbocycles. The predicted octanol–water partition coefficient (Wildman–Crippen LogP) is 2.63. The van der Waals surface area contributed by atoms with Crippen LogP contribution in [0.4, 0.5) is 4.79 Å². The Kier molecular flexibility index (Phi) is 3.78. The molecule has 5 nitrogen and oxygen atoms in total. The first-order chi connectivity index (χ1) is 11.0. The van der Waals surface area contributed by atoms with E-state index in [1.807, 2.05) is 31.2 Å². The molecular weight excluding hydrogens is 292 g/mol. The van der Waals surface area contributed by atoms with Gasteiger partial charge in [-0.05, 0) is 37.1 Å². The van der Waals surface area contributed by atoms with Crippen LogP contribution in [0.15, 0.2) is 48.5 Å². The van der Waals surface area contributed by atoms with Crippen molar-refractivity contribution in [3.8, 4) is 5.75 Å². The lowest BCUT2D eigenvalue weighted by Gasteiger charge is -2.21. The van der Waals surface area contributed by atoms with E-state index in [9.17, 15) is 9.59 Å². The summed E-state index contributed by atoms with van der Waals surface area (Å²) in [6.45, 7) is 4.20. The highest BCUT2D eigenvalue weighted by Gasteiger charge is 2.43. The van der Waals surface area contributed by atoms with Crippen LogP contribution < -0.4 is 15.4 Å². The van der Waals surface area contributed by atoms with E-state index in [-0.39, 0.29) is 5.91 Å². The fourth-order valence-corrected chi connectivity index (χ4v) is 2.48. The van der Waals surface area contributed by atoms with Crippen molar-refractivity contribution in [2.75, 3.05) is 0 Å². The van der Waals surface area contributed by atoms with Crippen LogP contribution in [0.25, 0.3) is 0 Å². The normalized spacial score (nSPS) is 20.1. The summed E-state index contributed by atoms with van der Waals surface area (Å²) in [5.41, 5.74) is 1.98. The molecule has 0 spiro atoms. The topological polar surface area (TPSA) is 67.4 Å². The second-order valence-electron chi connectivity index (χ2n) is 5.83. The van der Waals surface area contributed by atoms with E-state index in [1.165, 1.54) is 5.56 Å². The van der Waals surface area contributed by atoms with Gasteiger partial charge in [-0.3, -0.25) is 10.1 Å². The summed E-state index contributed by atoms with van der Waals surface area (Å²) in [5.74, 6) is 0.360. The summed E-state index contributed by atoms with van der Waals surface area (Å²) in [5, 5.41) is 4.89. The molecule has 5 heteroatoms. The Hall–Kier alpha value is -2.82. The van der Waals surface area contributed by atoms with Crippen molar-refractivity contribution >= 4 is 11.9 Å². The largest absolute Gasteiger partial charge is 0.489 e. The maximum absolute atomic E-state index is 11.9. The average molecular weight is 310 g/mol. The van der Waals surface area contributed by atoms with E-state index in [2.05, 4.69) is 10.6 Å². The lowest BCUT2D eigenvalue weighted by atomic mass is 9.92. The van der Waals surface area contributed by atoms with Crippen molar-refractivity contribution in [1.29, 1.82) is 0 Å². The maximum atomic E-state index is 11.9. The highest BCUT2D eigenvalue weighted by atomic mass is 16.5. The summed E-state index contributed by atoms with van der Waals surface area (Å²) in [7, 11) is 0. The van der Waals surface area contributed by atoms with Gasteiger partial charge in [-0.25, -0.2) is 4.79 Å². The number of imide groups is 1. The first-order valence-corrected chi connectivity index (χ1v) is 7.40. The number of rotatable bonds is 4. The van der Waals surface area contributed by atoms with Crippen molar-refractivity contribution < 1.29 is 14.3 Å². The number of aryl methyl sites for hydroxylation is 1. The molecule has 23 heavy (non-hydrogen) atoms. The number of nitrogens with one attached hydrogen (secondary N) is 2. The summed E-state index contributed by atoms with van der Waals surface area (Å²) >= 11 is 0. The molecule has 118 valence electrons. The number of amides is 3. The highest BCUT2D eigenvalue weighted by molar-refractivity contribution is 6.07. The first kappa shape index (κ1) is 15.1. The fourth-order valence-electron chi connectivity index (χ4n) is 2.48. The molecule has 1 atom stereocenters. The Bertz CT molecular complexity index is 738. The van der Waals surface area contributed by atoms with Gasteiger partial charge in [0, 0.05) is 0 Å². The van der Waals surface area contributed by atoms with Gasteiger partial charge in [0.15, 0.2) is 0 Å². The van der Waals surface area contributed by atoms with Gasteiger partial charge in [-0.15, -0.1) is 0 Å². The second kappa shape index (κ2) is 5.76. The number of carbonyl (C=O) groups is 2. The molecule has 0 radical (unpaired) electrons. The van der Waals surface area contributed by atoms with E-state index in [1.54, 1.807) is 31.2 Å². The number of hydrogen-bond donors (Lipinski definition) is 2. The first-order valence-electron chi connectivity index (χ1n) is 7.40. The maximum Gasteiger partial charge on any atom is 0.322 e. The quantitative estimate of drug-likeness (QED) is 0.853. The third kappa shape index (κ3) is 3.04. The number of ether oxygens (including phenoxy) is 1. The zero-order valence-corrected chi connectivity index (χ0v) is 13.1. The van der Waals surface area contributed by atoms with Crippen LogP contribution in [0, 0.1) is 6.92 Å². The molecule has 0 aliphatic carbocycles. The SMILES string of the molecule is Cc1ccc(COc2ccc([C@@]3(C)NC(=O)NC3=O)cc2)cc1. The second-order valence-corrected chi connectivity index (χ2v) is 5.83. The summed E-state index contributed by atoms with van der Waals surface area (Å²) in [4.78, 5) is 23.2. The monoisotopic (exact) mass is 310 g/mol. The standard InChI is InChI=1S/C18H18N2O3/c1-12-3-5-13(6-4-12)11-23-15-9-7-14(8-10-15)18(2)16(21)19-17(22)20-18/h3-10H,11H2,1-2H3,(H2,19,20,21,22)/t18-/m1/s1. The molecule has 0 bridgehead atoms. The molecule has 3 rings (SSSR count). The van der Waals surface area contributed by atoms with Crippen LogP contribution in [0.1, 0.15) is 23.6 Å². The molecule has 1 aliphatic rings. The zero-order valence-electron chi connectivity index (χ0n) is 13.1. The number of urea groups is 1. The van der Waals surface area contributed by atoms with E-state index in [0.717, 1.165) is 5.56 Å². The zero-order chi connectivity index (χ0) is 16.4. The van der Waals surface area contributed by atoms with Gasteiger partial charge in [-0.2, -0.15) is 0 Å². The van der Waals surface area contributed by atoms with E-state index in [4.69, 9.17) is 4.74 Å². The molecule has 0 aromatic heterocycles. The molecule has 0 unspecified atom stereocenters. The molecule has 2 N–H and O–H groups in total. The van der Waals surface area contributed by atoms with Crippen LogP contribution in [-0.4, -0.2) is 11.9 Å². The van der Waals surface area contributed by atoms with Crippen LogP contribution in [-0.2, 0) is 16.9 Å². The van der Waals surface area contributed by atoms with Gasteiger partial charge in [-0.1, -0.05) is 42.0 Å². The molecular formula is C18H18N2O3. The van der Waals surface area contributed by atoms with Gasteiger partial charge in [0.05, 0.1) is 0 Å².